The second kappa shape index (κ2) is 5.45. The van der Waals surface area contributed by atoms with Gasteiger partial charge in [-0.1, -0.05) is 19.1 Å². The second-order valence-electron chi connectivity index (χ2n) is 4.59. The molecule has 3 N–H and O–H groups in total. The molecule has 1 atom stereocenters. The SMILES string of the molecule is CC1CCC(NC(=O)C(C)C(N)=S)CC1. The van der Waals surface area contributed by atoms with E-state index in [0.29, 0.717) is 6.04 Å². The fourth-order valence-electron chi connectivity index (χ4n) is 1.86. The predicted molar refractivity (Wildman–Crippen MR) is 65.5 cm³/mol. The molecule has 1 saturated carbocycles. The zero-order chi connectivity index (χ0) is 11.4. The van der Waals surface area contributed by atoms with Crippen LogP contribution >= 0.6 is 12.2 Å². The largest absolute Gasteiger partial charge is 0.393 e. The third kappa shape index (κ3) is 3.78. The average molecular weight is 228 g/mol. The summed E-state index contributed by atoms with van der Waals surface area (Å²) < 4.78 is 0. The van der Waals surface area contributed by atoms with Crippen molar-refractivity contribution in [3.8, 4) is 0 Å². The summed E-state index contributed by atoms with van der Waals surface area (Å²) in [5, 5.41) is 3.01. The fourth-order valence-corrected chi connectivity index (χ4v) is 1.97. The van der Waals surface area contributed by atoms with Crippen LogP contribution in [0.15, 0.2) is 0 Å². The lowest BCUT2D eigenvalue weighted by Crippen LogP contribution is -2.43. The van der Waals surface area contributed by atoms with Gasteiger partial charge in [-0.05, 0) is 38.5 Å². The van der Waals surface area contributed by atoms with Crippen molar-refractivity contribution in [2.45, 2.75) is 45.6 Å². The molecule has 0 saturated heterocycles. The van der Waals surface area contributed by atoms with E-state index in [1.165, 1.54) is 12.8 Å². The molecular formula is C11H20N2OS. The number of carbonyl (C=O) groups is 1. The molecule has 0 spiro atoms. The van der Waals surface area contributed by atoms with Gasteiger partial charge in [-0.25, -0.2) is 0 Å². The molecule has 0 bridgehead atoms. The molecule has 0 aromatic heterocycles. The van der Waals surface area contributed by atoms with Crippen molar-refractivity contribution in [2.75, 3.05) is 0 Å². The molecule has 1 amide bonds. The summed E-state index contributed by atoms with van der Waals surface area (Å²) in [6.07, 6.45) is 4.56. The van der Waals surface area contributed by atoms with Gasteiger partial charge in [0.25, 0.3) is 0 Å². The number of hydrogen-bond acceptors (Lipinski definition) is 2. The van der Waals surface area contributed by atoms with E-state index in [-0.39, 0.29) is 16.8 Å². The van der Waals surface area contributed by atoms with Crippen molar-refractivity contribution in [3.05, 3.63) is 0 Å². The lowest BCUT2D eigenvalue weighted by atomic mass is 9.87. The van der Waals surface area contributed by atoms with Gasteiger partial charge in [0.05, 0.1) is 10.9 Å². The van der Waals surface area contributed by atoms with E-state index in [0.717, 1.165) is 18.8 Å². The number of hydrogen-bond donors (Lipinski definition) is 2. The van der Waals surface area contributed by atoms with Crippen LogP contribution in [0.2, 0.25) is 0 Å². The number of amides is 1. The highest BCUT2D eigenvalue weighted by Crippen LogP contribution is 2.23. The number of nitrogens with one attached hydrogen (secondary N) is 1. The van der Waals surface area contributed by atoms with Gasteiger partial charge < -0.3 is 11.1 Å². The standard InChI is InChI=1S/C11H20N2OS/c1-7-3-5-9(6-4-7)13-11(14)8(2)10(12)15/h7-9H,3-6H2,1-2H3,(H2,12,15)(H,13,14). The van der Waals surface area contributed by atoms with Crippen LogP contribution in [-0.4, -0.2) is 16.9 Å². The Balaban J connectivity index is 2.35. The first kappa shape index (κ1) is 12.4. The van der Waals surface area contributed by atoms with E-state index in [4.69, 9.17) is 18.0 Å². The molecule has 1 rings (SSSR count). The molecule has 0 aromatic rings. The maximum absolute atomic E-state index is 11.7. The summed E-state index contributed by atoms with van der Waals surface area (Å²) in [7, 11) is 0. The van der Waals surface area contributed by atoms with E-state index in [1.54, 1.807) is 6.92 Å². The van der Waals surface area contributed by atoms with Crippen molar-refractivity contribution in [1.82, 2.24) is 5.32 Å². The Bertz CT molecular complexity index is 247. The maximum Gasteiger partial charge on any atom is 0.229 e. The van der Waals surface area contributed by atoms with Crippen LogP contribution < -0.4 is 11.1 Å². The quantitative estimate of drug-likeness (QED) is 0.721. The first-order valence-electron chi connectivity index (χ1n) is 5.60. The van der Waals surface area contributed by atoms with Crippen molar-refractivity contribution >= 4 is 23.1 Å². The molecular weight excluding hydrogens is 208 g/mol. The number of rotatable bonds is 3. The van der Waals surface area contributed by atoms with Gasteiger partial charge >= 0.3 is 0 Å². The Morgan fingerprint density at radius 2 is 1.93 bits per heavy atom. The topological polar surface area (TPSA) is 55.1 Å². The molecule has 1 aliphatic rings. The molecule has 1 fully saturated rings. The van der Waals surface area contributed by atoms with E-state index < -0.39 is 0 Å². The van der Waals surface area contributed by atoms with Crippen molar-refractivity contribution in [1.29, 1.82) is 0 Å². The summed E-state index contributed by atoms with van der Waals surface area (Å²) in [6.45, 7) is 4.01. The summed E-state index contributed by atoms with van der Waals surface area (Å²) >= 11 is 4.80. The summed E-state index contributed by atoms with van der Waals surface area (Å²) in [5.74, 6) is 0.424. The molecule has 0 radical (unpaired) electrons. The first-order valence-corrected chi connectivity index (χ1v) is 6.01. The molecule has 4 heteroatoms. The lowest BCUT2D eigenvalue weighted by molar-refractivity contribution is -0.123. The molecule has 3 nitrogen and oxygen atoms in total. The average Bonchev–Trinajstić information content (AvgIpc) is 2.20. The minimum atomic E-state index is -0.348. The van der Waals surface area contributed by atoms with Crippen molar-refractivity contribution in [2.24, 2.45) is 17.6 Å². The molecule has 15 heavy (non-hydrogen) atoms. The first-order chi connectivity index (χ1) is 7.00. The van der Waals surface area contributed by atoms with Gasteiger partial charge in [-0.15, -0.1) is 0 Å². The van der Waals surface area contributed by atoms with Crippen LogP contribution in [0.25, 0.3) is 0 Å². The molecule has 0 aromatic carbocycles. The van der Waals surface area contributed by atoms with Gasteiger partial charge in [0, 0.05) is 6.04 Å². The van der Waals surface area contributed by atoms with E-state index in [9.17, 15) is 4.79 Å². The Morgan fingerprint density at radius 1 is 1.40 bits per heavy atom. The van der Waals surface area contributed by atoms with Gasteiger partial charge in [0.1, 0.15) is 0 Å². The lowest BCUT2D eigenvalue weighted by Gasteiger charge is -2.27. The second-order valence-corrected chi connectivity index (χ2v) is 5.06. The van der Waals surface area contributed by atoms with Gasteiger partial charge in [-0.3, -0.25) is 4.79 Å². The van der Waals surface area contributed by atoms with E-state index in [1.807, 2.05) is 0 Å². The fraction of sp³-hybridized carbons (Fsp3) is 0.818. The Kier molecular flexibility index (Phi) is 4.51. The molecule has 86 valence electrons. The third-order valence-electron chi connectivity index (χ3n) is 3.18. The van der Waals surface area contributed by atoms with Crippen LogP contribution in [0.4, 0.5) is 0 Å². The van der Waals surface area contributed by atoms with Gasteiger partial charge in [-0.2, -0.15) is 0 Å². The van der Waals surface area contributed by atoms with E-state index >= 15 is 0 Å². The highest BCUT2D eigenvalue weighted by atomic mass is 32.1. The predicted octanol–water partition coefficient (Wildman–Crippen LogP) is 1.60. The monoisotopic (exact) mass is 228 g/mol. The summed E-state index contributed by atoms with van der Waals surface area (Å²) in [6, 6.07) is 0.325. The number of carbonyl (C=O) groups excluding carboxylic acids is 1. The number of nitrogens with two attached hydrogens (primary N) is 1. The zero-order valence-corrected chi connectivity index (χ0v) is 10.3. The summed E-state index contributed by atoms with van der Waals surface area (Å²) in [4.78, 5) is 11.9. The van der Waals surface area contributed by atoms with Crippen LogP contribution in [0.5, 0.6) is 0 Å². The van der Waals surface area contributed by atoms with Crippen molar-refractivity contribution in [3.63, 3.8) is 0 Å². The van der Waals surface area contributed by atoms with Crippen molar-refractivity contribution < 1.29 is 4.79 Å². The molecule has 0 aliphatic heterocycles. The van der Waals surface area contributed by atoms with Crippen LogP contribution in [0, 0.1) is 11.8 Å². The van der Waals surface area contributed by atoms with Crippen LogP contribution in [-0.2, 0) is 4.79 Å². The molecule has 1 unspecified atom stereocenters. The summed E-state index contributed by atoms with van der Waals surface area (Å²) in [5.41, 5.74) is 5.43. The molecule has 1 aliphatic carbocycles. The smallest absolute Gasteiger partial charge is 0.229 e. The van der Waals surface area contributed by atoms with E-state index in [2.05, 4.69) is 12.2 Å². The number of thiocarbonyl (C=S) groups is 1. The minimum absolute atomic E-state index is 0.0259. The highest BCUT2D eigenvalue weighted by Gasteiger charge is 2.22. The maximum atomic E-state index is 11.7. The van der Waals surface area contributed by atoms with Gasteiger partial charge in [0.2, 0.25) is 5.91 Å². The third-order valence-corrected chi connectivity index (χ3v) is 3.54. The zero-order valence-electron chi connectivity index (χ0n) is 9.45. The highest BCUT2D eigenvalue weighted by molar-refractivity contribution is 7.80. The van der Waals surface area contributed by atoms with Crippen LogP contribution in [0.1, 0.15) is 39.5 Å². The van der Waals surface area contributed by atoms with Gasteiger partial charge in [0.15, 0.2) is 0 Å². The normalized spacial score (nSPS) is 28.1. The Hall–Kier alpha value is -0.640. The van der Waals surface area contributed by atoms with Crippen LogP contribution in [0.3, 0.4) is 0 Å². The molecule has 0 heterocycles. The Morgan fingerprint density at radius 3 is 2.40 bits per heavy atom. The Labute approximate surface area is 96.8 Å². The minimum Gasteiger partial charge on any atom is -0.393 e.